The third kappa shape index (κ3) is 8.20. The zero-order chi connectivity index (χ0) is 18.9. The van der Waals surface area contributed by atoms with E-state index in [1.54, 1.807) is 20.8 Å². The normalized spacial score (nSPS) is 10.9. The summed E-state index contributed by atoms with van der Waals surface area (Å²) < 4.78 is 20.9. The Kier molecular flexibility index (Phi) is 7.93. The molecule has 0 bridgehead atoms. The number of rotatable bonds is 9. The van der Waals surface area contributed by atoms with Crippen LogP contribution in [0.25, 0.3) is 0 Å². The van der Waals surface area contributed by atoms with Gasteiger partial charge in [0.05, 0.1) is 31.3 Å². The average Bonchev–Trinajstić information content (AvgIpc) is 2.52. The van der Waals surface area contributed by atoms with Gasteiger partial charge in [0.2, 0.25) is 0 Å². The fourth-order valence-corrected chi connectivity index (χ4v) is 1.74. The van der Waals surface area contributed by atoms with Crippen molar-refractivity contribution in [2.24, 2.45) is 0 Å². The molecule has 1 aromatic rings. The largest absolute Gasteiger partial charge is 0.493 e. The van der Waals surface area contributed by atoms with Gasteiger partial charge in [-0.1, -0.05) is 0 Å². The molecule has 1 aromatic carbocycles. The number of nitro groups is 1. The number of carbonyl (C=O) groups is 1. The number of nitro benzene ring substituents is 1. The molecule has 1 N–H and O–H groups in total. The lowest BCUT2D eigenvalue weighted by atomic mass is 10.2. The zero-order valence-corrected chi connectivity index (χ0v) is 14.9. The SMILES string of the molecule is COc1cc([N+](=O)[O-])ccc1OCCOCCNC(=O)OC(C)(C)C. The molecule has 0 unspecified atom stereocenters. The van der Waals surface area contributed by atoms with Crippen LogP contribution >= 0.6 is 0 Å². The summed E-state index contributed by atoms with van der Waals surface area (Å²) in [6.07, 6.45) is -0.497. The van der Waals surface area contributed by atoms with Gasteiger partial charge in [-0.15, -0.1) is 0 Å². The highest BCUT2D eigenvalue weighted by molar-refractivity contribution is 5.67. The monoisotopic (exact) mass is 356 g/mol. The molecular weight excluding hydrogens is 332 g/mol. The summed E-state index contributed by atoms with van der Waals surface area (Å²) in [6, 6.07) is 4.10. The number of hydrogen-bond acceptors (Lipinski definition) is 7. The van der Waals surface area contributed by atoms with E-state index in [1.165, 1.54) is 25.3 Å². The van der Waals surface area contributed by atoms with Crippen LogP contribution in [0.5, 0.6) is 11.5 Å². The van der Waals surface area contributed by atoms with E-state index in [1.807, 2.05) is 0 Å². The second-order valence-electron chi connectivity index (χ2n) is 5.98. The second-order valence-corrected chi connectivity index (χ2v) is 5.98. The Bertz CT molecular complexity index is 584. The van der Waals surface area contributed by atoms with E-state index >= 15 is 0 Å². The minimum atomic E-state index is -0.539. The van der Waals surface area contributed by atoms with Crippen LogP contribution in [0.4, 0.5) is 10.5 Å². The summed E-state index contributed by atoms with van der Waals surface area (Å²) in [5.74, 6) is 0.671. The smallest absolute Gasteiger partial charge is 0.407 e. The fraction of sp³-hybridized carbons (Fsp3) is 0.562. The molecule has 0 atom stereocenters. The lowest BCUT2D eigenvalue weighted by Gasteiger charge is -2.19. The predicted molar refractivity (Wildman–Crippen MR) is 90.2 cm³/mol. The third-order valence-electron chi connectivity index (χ3n) is 2.76. The van der Waals surface area contributed by atoms with Gasteiger partial charge < -0.3 is 24.3 Å². The van der Waals surface area contributed by atoms with Gasteiger partial charge in [-0.3, -0.25) is 10.1 Å². The minimum Gasteiger partial charge on any atom is -0.493 e. The highest BCUT2D eigenvalue weighted by atomic mass is 16.6. The predicted octanol–water partition coefficient (Wildman–Crippen LogP) is 2.52. The molecule has 1 rings (SSSR count). The molecule has 0 aliphatic rings. The van der Waals surface area contributed by atoms with Crippen molar-refractivity contribution in [3.05, 3.63) is 28.3 Å². The molecule has 25 heavy (non-hydrogen) atoms. The van der Waals surface area contributed by atoms with Crippen molar-refractivity contribution >= 4 is 11.8 Å². The molecule has 0 heterocycles. The van der Waals surface area contributed by atoms with Gasteiger partial charge in [-0.2, -0.15) is 0 Å². The molecule has 0 radical (unpaired) electrons. The molecule has 1 amide bonds. The maximum Gasteiger partial charge on any atom is 0.407 e. The van der Waals surface area contributed by atoms with Crippen LogP contribution in [0.1, 0.15) is 20.8 Å². The van der Waals surface area contributed by atoms with Gasteiger partial charge in [0.15, 0.2) is 11.5 Å². The summed E-state index contributed by atoms with van der Waals surface area (Å²) in [5.41, 5.74) is -0.614. The average molecular weight is 356 g/mol. The Hall–Kier alpha value is -2.55. The van der Waals surface area contributed by atoms with Gasteiger partial charge >= 0.3 is 6.09 Å². The van der Waals surface area contributed by atoms with Crippen LogP contribution in [0, 0.1) is 10.1 Å². The second kappa shape index (κ2) is 9.67. The van der Waals surface area contributed by atoms with Gasteiger partial charge in [0.1, 0.15) is 12.2 Å². The van der Waals surface area contributed by atoms with Crippen LogP contribution in [-0.2, 0) is 9.47 Å². The molecule has 140 valence electrons. The number of nitrogens with one attached hydrogen (secondary N) is 1. The first-order valence-corrected chi connectivity index (χ1v) is 7.73. The van der Waals surface area contributed by atoms with E-state index < -0.39 is 16.6 Å². The molecule has 0 fully saturated rings. The fourth-order valence-electron chi connectivity index (χ4n) is 1.74. The first kappa shape index (κ1) is 20.5. The lowest BCUT2D eigenvalue weighted by Crippen LogP contribution is -2.34. The van der Waals surface area contributed by atoms with E-state index in [0.29, 0.717) is 18.9 Å². The molecule has 0 aliphatic heterocycles. The van der Waals surface area contributed by atoms with E-state index in [9.17, 15) is 14.9 Å². The third-order valence-corrected chi connectivity index (χ3v) is 2.76. The van der Waals surface area contributed by atoms with Crippen molar-refractivity contribution in [3.8, 4) is 11.5 Å². The van der Waals surface area contributed by atoms with Gasteiger partial charge in [-0.25, -0.2) is 4.79 Å². The number of carbonyl (C=O) groups excluding carboxylic acids is 1. The number of non-ortho nitro benzene ring substituents is 1. The topological polar surface area (TPSA) is 109 Å². The molecule has 0 aliphatic carbocycles. The highest BCUT2D eigenvalue weighted by Gasteiger charge is 2.15. The number of methoxy groups -OCH3 is 1. The van der Waals surface area contributed by atoms with Crippen LogP contribution in [0.15, 0.2) is 18.2 Å². The summed E-state index contributed by atoms with van der Waals surface area (Å²) in [7, 11) is 1.41. The van der Waals surface area contributed by atoms with Gasteiger partial charge in [0.25, 0.3) is 5.69 Å². The van der Waals surface area contributed by atoms with Crippen LogP contribution in [-0.4, -0.2) is 50.1 Å². The number of ether oxygens (including phenoxy) is 4. The number of nitrogens with zero attached hydrogens (tertiary/aromatic N) is 1. The number of alkyl carbamates (subject to hydrolysis) is 1. The maximum absolute atomic E-state index is 11.4. The zero-order valence-electron chi connectivity index (χ0n) is 14.9. The van der Waals surface area contributed by atoms with E-state index in [2.05, 4.69) is 5.32 Å². The van der Waals surface area contributed by atoms with E-state index in [0.717, 1.165) is 0 Å². The first-order chi connectivity index (χ1) is 11.7. The van der Waals surface area contributed by atoms with Crippen molar-refractivity contribution in [2.75, 3.05) is 33.5 Å². The van der Waals surface area contributed by atoms with Gasteiger partial charge in [0, 0.05) is 12.6 Å². The molecule has 9 heteroatoms. The van der Waals surface area contributed by atoms with Crippen LogP contribution < -0.4 is 14.8 Å². The molecular formula is C16H24N2O7. The number of benzene rings is 1. The van der Waals surface area contributed by atoms with Crippen molar-refractivity contribution in [1.29, 1.82) is 0 Å². The van der Waals surface area contributed by atoms with Crippen LogP contribution in [0.3, 0.4) is 0 Å². The maximum atomic E-state index is 11.4. The van der Waals surface area contributed by atoms with Crippen molar-refractivity contribution < 1.29 is 28.7 Å². The summed E-state index contributed by atoms with van der Waals surface area (Å²) in [4.78, 5) is 21.6. The Labute approximate surface area is 146 Å². The standard InChI is InChI=1S/C16H24N2O7/c1-16(2,3)25-15(19)17-7-8-23-9-10-24-13-6-5-12(18(20)21)11-14(13)22-4/h5-6,11H,7-10H2,1-4H3,(H,17,19). The Balaban J connectivity index is 2.24. The van der Waals surface area contributed by atoms with E-state index in [4.69, 9.17) is 18.9 Å². The van der Waals surface area contributed by atoms with Crippen molar-refractivity contribution in [1.82, 2.24) is 5.32 Å². The Morgan fingerprint density at radius 2 is 1.92 bits per heavy atom. The molecule has 9 nitrogen and oxygen atoms in total. The number of amides is 1. The summed E-state index contributed by atoms with van der Waals surface area (Å²) in [5, 5.41) is 13.3. The van der Waals surface area contributed by atoms with E-state index in [-0.39, 0.29) is 24.7 Å². The quantitative estimate of drug-likeness (QED) is 0.411. The van der Waals surface area contributed by atoms with Crippen LogP contribution in [0.2, 0.25) is 0 Å². The number of hydrogen-bond donors (Lipinski definition) is 1. The molecule has 0 saturated carbocycles. The minimum absolute atomic E-state index is 0.0753. The summed E-state index contributed by atoms with van der Waals surface area (Å²) >= 11 is 0. The Morgan fingerprint density at radius 1 is 1.20 bits per heavy atom. The molecule has 0 saturated heterocycles. The molecule has 0 spiro atoms. The van der Waals surface area contributed by atoms with Crippen molar-refractivity contribution in [2.45, 2.75) is 26.4 Å². The highest BCUT2D eigenvalue weighted by Crippen LogP contribution is 2.30. The first-order valence-electron chi connectivity index (χ1n) is 7.73. The van der Waals surface area contributed by atoms with Gasteiger partial charge in [-0.05, 0) is 26.8 Å². The lowest BCUT2D eigenvalue weighted by molar-refractivity contribution is -0.385. The summed E-state index contributed by atoms with van der Waals surface area (Å²) in [6.45, 7) is 6.50. The Morgan fingerprint density at radius 3 is 2.52 bits per heavy atom. The van der Waals surface area contributed by atoms with Crippen molar-refractivity contribution in [3.63, 3.8) is 0 Å². The molecule has 0 aromatic heterocycles.